The lowest BCUT2D eigenvalue weighted by molar-refractivity contribution is 0.574. The standard InChI is InChI=1S/C18H26N2O2S/c1-4-5-6-7-14-19-23(21,22)18-13-9-10-15-16(18)11-8-12-17(15)20(2)3/h8-13,19H,4-7,14H2,1-3H3. The number of fused-ring (bicyclic) bond motifs is 1. The lowest BCUT2D eigenvalue weighted by atomic mass is 10.1. The van der Waals surface area contributed by atoms with Crippen molar-refractivity contribution in [3.63, 3.8) is 0 Å². The number of nitrogens with one attached hydrogen (secondary N) is 1. The van der Waals surface area contributed by atoms with Crippen LogP contribution in [-0.2, 0) is 10.0 Å². The van der Waals surface area contributed by atoms with Gasteiger partial charge in [0.25, 0.3) is 0 Å². The van der Waals surface area contributed by atoms with E-state index in [0.29, 0.717) is 11.4 Å². The summed E-state index contributed by atoms with van der Waals surface area (Å²) in [6, 6.07) is 11.2. The minimum absolute atomic E-state index is 0.356. The van der Waals surface area contributed by atoms with Crippen LogP contribution in [0.15, 0.2) is 41.3 Å². The zero-order valence-corrected chi connectivity index (χ0v) is 15.0. The van der Waals surface area contributed by atoms with E-state index < -0.39 is 10.0 Å². The van der Waals surface area contributed by atoms with Gasteiger partial charge in [0.1, 0.15) is 0 Å². The lowest BCUT2D eigenvalue weighted by Crippen LogP contribution is -2.25. The van der Waals surface area contributed by atoms with Gasteiger partial charge in [-0.25, -0.2) is 13.1 Å². The van der Waals surface area contributed by atoms with Gasteiger partial charge in [0.2, 0.25) is 10.0 Å². The summed E-state index contributed by atoms with van der Waals surface area (Å²) < 4.78 is 28.0. The highest BCUT2D eigenvalue weighted by molar-refractivity contribution is 7.89. The molecule has 0 aromatic heterocycles. The largest absolute Gasteiger partial charge is 0.377 e. The van der Waals surface area contributed by atoms with Gasteiger partial charge in [-0.1, -0.05) is 50.5 Å². The summed E-state index contributed by atoms with van der Waals surface area (Å²) >= 11 is 0. The first-order valence-corrected chi connectivity index (χ1v) is 9.64. The fourth-order valence-corrected chi connectivity index (χ4v) is 4.02. The molecule has 0 saturated carbocycles. The average molecular weight is 334 g/mol. The van der Waals surface area contributed by atoms with Gasteiger partial charge < -0.3 is 4.90 Å². The third kappa shape index (κ3) is 4.24. The van der Waals surface area contributed by atoms with Crippen LogP contribution in [0.25, 0.3) is 10.8 Å². The van der Waals surface area contributed by atoms with E-state index in [0.717, 1.165) is 42.1 Å². The van der Waals surface area contributed by atoms with E-state index in [2.05, 4.69) is 11.6 Å². The van der Waals surface area contributed by atoms with Crippen LogP contribution >= 0.6 is 0 Å². The highest BCUT2D eigenvalue weighted by Crippen LogP contribution is 2.30. The van der Waals surface area contributed by atoms with E-state index in [4.69, 9.17) is 0 Å². The molecule has 0 bridgehead atoms. The summed E-state index contributed by atoms with van der Waals surface area (Å²) in [5.74, 6) is 0. The molecule has 2 aromatic carbocycles. The van der Waals surface area contributed by atoms with Crippen LogP contribution in [0.1, 0.15) is 32.6 Å². The number of sulfonamides is 1. The SMILES string of the molecule is CCCCCCNS(=O)(=O)c1cccc2c(N(C)C)cccc12. The first kappa shape index (κ1) is 17.8. The molecule has 126 valence electrons. The predicted molar refractivity (Wildman–Crippen MR) is 97.6 cm³/mol. The van der Waals surface area contributed by atoms with Gasteiger partial charge in [0, 0.05) is 37.1 Å². The van der Waals surface area contributed by atoms with Crippen molar-refractivity contribution in [3.05, 3.63) is 36.4 Å². The number of rotatable bonds is 8. The molecule has 0 spiro atoms. The molecule has 0 aliphatic carbocycles. The van der Waals surface area contributed by atoms with E-state index in [1.807, 2.05) is 43.3 Å². The highest BCUT2D eigenvalue weighted by Gasteiger charge is 2.17. The molecule has 0 atom stereocenters. The van der Waals surface area contributed by atoms with Crippen molar-refractivity contribution in [1.82, 2.24) is 4.72 Å². The number of nitrogens with zero attached hydrogens (tertiary/aromatic N) is 1. The summed E-state index contributed by atoms with van der Waals surface area (Å²) in [5.41, 5.74) is 1.02. The molecule has 0 fully saturated rings. The van der Waals surface area contributed by atoms with Crippen LogP contribution < -0.4 is 9.62 Å². The zero-order valence-electron chi connectivity index (χ0n) is 14.2. The van der Waals surface area contributed by atoms with Crippen LogP contribution in [0.2, 0.25) is 0 Å². The molecule has 2 aromatic rings. The molecule has 0 aliphatic heterocycles. The van der Waals surface area contributed by atoms with E-state index in [1.54, 1.807) is 12.1 Å². The summed E-state index contributed by atoms with van der Waals surface area (Å²) in [6.45, 7) is 2.63. The third-order valence-corrected chi connectivity index (χ3v) is 5.47. The van der Waals surface area contributed by atoms with E-state index in [9.17, 15) is 8.42 Å². The molecule has 5 heteroatoms. The second-order valence-electron chi connectivity index (χ2n) is 5.98. The highest BCUT2D eigenvalue weighted by atomic mass is 32.2. The number of hydrogen-bond acceptors (Lipinski definition) is 3. The monoisotopic (exact) mass is 334 g/mol. The molecule has 0 aliphatic rings. The summed E-state index contributed by atoms with van der Waals surface area (Å²) in [7, 11) is 0.435. The fraction of sp³-hybridized carbons (Fsp3) is 0.444. The van der Waals surface area contributed by atoms with E-state index in [1.165, 1.54) is 0 Å². The van der Waals surface area contributed by atoms with Crippen LogP contribution in [0.4, 0.5) is 5.69 Å². The Balaban J connectivity index is 2.30. The lowest BCUT2D eigenvalue weighted by Gasteiger charge is -2.17. The predicted octanol–water partition coefficient (Wildman–Crippen LogP) is 3.76. The summed E-state index contributed by atoms with van der Waals surface area (Å²) in [5, 5.41) is 1.71. The maximum atomic E-state index is 12.6. The molecule has 0 amide bonds. The van der Waals surface area contributed by atoms with Gasteiger partial charge >= 0.3 is 0 Å². The van der Waals surface area contributed by atoms with Crippen molar-refractivity contribution in [3.8, 4) is 0 Å². The molecular formula is C18H26N2O2S. The number of anilines is 1. The quantitative estimate of drug-likeness (QED) is 0.748. The van der Waals surface area contributed by atoms with Crippen LogP contribution in [0, 0.1) is 0 Å². The number of benzene rings is 2. The molecule has 0 radical (unpaired) electrons. The molecule has 0 heterocycles. The number of unbranched alkanes of at least 4 members (excludes halogenated alkanes) is 3. The topological polar surface area (TPSA) is 49.4 Å². The minimum Gasteiger partial charge on any atom is -0.377 e. The molecule has 1 N–H and O–H groups in total. The Labute approximate surface area is 139 Å². The Morgan fingerprint density at radius 3 is 2.35 bits per heavy atom. The molecule has 0 unspecified atom stereocenters. The Morgan fingerprint density at radius 1 is 0.957 bits per heavy atom. The fourth-order valence-electron chi connectivity index (χ4n) is 2.72. The smallest absolute Gasteiger partial charge is 0.241 e. The first-order chi connectivity index (χ1) is 11.0. The molecule has 2 rings (SSSR count). The molecule has 4 nitrogen and oxygen atoms in total. The second-order valence-corrected chi connectivity index (χ2v) is 7.72. The molecular weight excluding hydrogens is 308 g/mol. The van der Waals surface area contributed by atoms with Crippen molar-refractivity contribution >= 4 is 26.5 Å². The van der Waals surface area contributed by atoms with Gasteiger partial charge in [-0.05, 0) is 18.6 Å². The maximum Gasteiger partial charge on any atom is 0.241 e. The normalized spacial score (nSPS) is 11.8. The van der Waals surface area contributed by atoms with Crippen molar-refractivity contribution in [2.75, 3.05) is 25.5 Å². The Hall–Kier alpha value is -1.59. The molecule has 0 saturated heterocycles. The Kier molecular flexibility index (Phi) is 6.02. The van der Waals surface area contributed by atoms with Gasteiger partial charge in [0.15, 0.2) is 0 Å². The Morgan fingerprint density at radius 2 is 1.65 bits per heavy atom. The van der Waals surface area contributed by atoms with Crippen LogP contribution in [0.5, 0.6) is 0 Å². The van der Waals surface area contributed by atoms with Crippen molar-refractivity contribution < 1.29 is 8.42 Å². The Bertz CT molecular complexity index is 755. The second kappa shape index (κ2) is 7.79. The zero-order chi connectivity index (χ0) is 16.9. The van der Waals surface area contributed by atoms with Crippen molar-refractivity contribution in [2.24, 2.45) is 0 Å². The van der Waals surface area contributed by atoms with Gasteiger partial charge in [-0.15, -0.1) is 0 Å². The van der Waals surface area contributed by atoms with Gasteiger partial charge in [-0.3, -0.25) is 0 Å². The maximum absolute atomic E-state index is 12.6. The van der Waals surface area contributed by atoms with Crippen LogP contribution in [0.3, 0.4) is 0 Å². The molecule has 23 heavy (non-hydrogen) atoms. The average Bonchev–Trinajstić information content (AvgIpc) is 2.53. The van der Waals surface area contributed by atoms with E-state index >= 15 is 0 Å². The van der Waals surface area contributed by atoms with Crippen molar-refractivity contribution in [1.29, 1.82) is 0 Å². The number of hydrogen-bond donors (Lipinski definition) is 1. The third-order valence-electron chi connectivity index (χ3n) is 3.95. The van der Waals surface area contributed by atoms with Gasteiger partial charge in [-0.2, -0.15) is 0 Å². The summed E-state index contributed by atoms with van der Waals surface area (Å²) in [6.07, 6.45) is 4.21. The van der Waals surface area contributed by atoms with E-state index in [-0.39, 0.29) is 0 Å². The first-order valence-electron chi connectivity index (χ1n) is 8.16. The summed E-state index contributed by atoms with van der Waals surface area (Å²) in [4.78, 5) is 2.35. The van der Waals surface area contributed by atoms with Crippen molar-refractivity contribution in [2.45, 2.75) is 37.5 Å². The van der Waals surface area contributed by atoms with Gasteiger partial charge in [0.05, 0.1) is 4.90 Å². The minimum atomic E-state index is -3.49. The van der Waals surface area contributed by atoms with Crippen LogP contribution in [-0.4, -0.2) is 29.1 Å².